The molecular weight excluding hydrogens is 797 g/mol. The fraction of sp³-hybridized carbons (Fsp3) is 0.0500. The maximum atomic E-state index is 13.3. The summed E-state index contributed by atoms with van der Waals surface area (Å²) in [6.07, 6.45) is 4.57. The zero-order valence-corrected chi connectivity index (χ0v) is 31.5. The number of aromatic amines is 1. The third-order valence-electron chi connectivity index (χ3n) is 8.37. The molecule has 8 aromatic rings. The standard InChI is InChI=1S/2C20H14ClFN4O3/c1-25(14-6-2-12(21)3-7-14)19(28)17-18(29-15-8-4-13(22)5-9-15)24-20-23-16(27)10-11-26(17)20;21-13-2-6-15(7-3-13)26(12-27)19(28)17-18(24-20-23-10-1-11-25(17)20)29-16-8-4-14(22)5-9-16/h2-11H,1H3,(H,23,24,27);1-11,27H,12H2. The normalized spacial score (nSPS) is 10.9. The lowest BCUT2D eigenvalue weighted by molar-refractivity contribution is 0.0949. The number of aromatic nitrogens is 6. The lowest BCUT2D eigenvalue weighted by atomic mass is 10.2. The number of aliphatic hydroxyl groups is 1. The van der Waals surface area contributed by atoms with Gasteiger partial charge in [0, 0.05) is 53.1 Å². The second-order valence-electron chi connectivity index (χ2n) is 12.1. The first-order valence-corrected chi connectivity index (χ1v) is 17.8. The Labute approximate surface area is 336 Å². The van der Waals surface area contributed by atoms with E-state index in [9.17, 15) is 28.3 Å². The summed E-state index contributed by atoms with van der Waals surface area (Å²) in [6.45, 7) is -0.579. The quantitative estimate of drug-likeness (QED) is 0.139. The van der Waals surface area contributed by atoms with Crippen molar-refractivity contribution >= 4 is 57.9 Å². The third-order valence-corrected chi connectivity index (χ3v) is 8.87. The second-order valence-corrected chi connectivity index (χ2v) is 13.0. The van der Waals surface area contributed by atoms with Crippen LogP contribution in [-0.2, 0) is 0 Å². The maximum absolute atomic E-state index is 13.3. The molecule has 2 amide bonds. The summed E-state index contributed by atoms with van der Waals surface area (Å²) in [4.78, 5) is 55.9. The smallest absolute Gasteiger partial charge is 0.282 e. The molecule has 4 aromatic carbocycles. The van der Waals surface area contributed by atoms with E-state index in [1.165, 1.54) is 80.7 Å². The number of halogens is 4. The highest BCUT2D eigenvalue weighted by Gasteiger charge is 2.28. The van der Waals surface area contributed by atoms with E-state index in [0.717, 1.165) is 4.90 Å². The Morgan fingerprint density at radius 2 is 1.26 bits per heavy atom. The number of carbonyl (C=O) groups is 2. The number of hydrogen-bond donors (Lipinski definition) is 2. The average molecular weight is 826 g/mol. The number of rotatable bonds is 9. The second kappa shape index (κ2) is 16.9. The van der Waals surface area contributed by atoms with E-state index < -0.39 is 30.2 Å². The molecule has 0 saturated carbocycles. The van der Waals surface area contributed by atoms with E-state index in [1.807, 2.05) is 0 Å². The third kappa shape index (κ3) is 8.48. The van der Waals surface area contributed by atoms with Crippen LogP contribution in [0, 0.1) is 11.6 Å². The summed E-state index contributed by atoms with van der Waals surface area (Å²) < 4.78 is 40.7. The van der Waals surface area contributed by atoms with Gasteiger partial charge < -0.3 is 19.5 Å². The van der Waals surface area contributed by atoms with Crippen molar-refractivity contribution in [3.05, 3.63) is 171 Å². The molecule has 0 bridgehead atoms. The molecule has 2 N–H and O–H groups in total. The van der Waals surface area contributed by atoms with Crippen LogP contribution in [-0.4, -0.2) is 59.4 Å². The zero-order valence-electron chi connectivity index (χ0n) is 30.0. The molecule has 14 nitrogen and oxygen atoms in total. The van der Waals surface area contributed by atoms with Gasteiger partial charge in [0.1, 0.15) is 29.9 Å². The Balaban J connectivity index is 0.000000177. The molecule has 4 heterocycles. The number of amides is 2. The van der Waals surface area contributed by atoms with Gasteiger partial charge in [0.2, 0.25) is 11.6 Å². The van der Waals surface area contributed by atoms with Crippen molar-refractivity contribution in [2.75, 3.05) is 23.6 Å². The van der Waals surface area contributed by atoms with Crippen molar-refractivity contribution in [3.63, 3.8) is 0 Å². The number of nitrogens with zero attached hydrogens (tertiary/aromatic N) is 7. The number of fused-ring (bicyclic) bond motifs is 2. The minimum atomic E-state index is -0.579. The number of hydrogen-bond acceptors (Lipinski definition) is 9. The largest absolute Gasteiger partial charge is 0.437 e. The van der Waals surface area contributed by atoms with Crippen molar-refractivity contribution in [1.82, 2.24) is 28.7 Å². The molecule has 292 valence electrons. The van der Waals surface area contributed by atoms with Gasteiger partial charge in [0.25, 0.3) is 29.1 Å². The van der Waals surface area contributed by atoms with Gasteiger partial charge in [0.15, 0.2) is 11.4 Å². The van der Waals surface area contributed by atoms with E-state index in [2.05, 4.69) is 19.9 Å². The Morgan fingerprint density at radius 1 is 0.724 bits per heavy atom. The van der Waals surface area contributed by atoms with Gasteiger partial charge in [-0.3, -0.25) is 33.1 Å². The van der Waals surface area contributed by atoms with Gasteiger partial charge in [-0.1, -0.05) is 23.2 Å². The van der Waals surface area contributed by atoms with Crippen molar-refractivity contribution in [2.45, 2.75) is 0 Å². The van der Waals surface area contributed by atoms with E-state index in [-0.39, 0.29) is 40.3 Å². The van der Waals surface area contributed by atoms with Crippen LogP contribution < -0.4 is 24.8 Å². The molecule has 0 unspecified atom stereocenters. The Hall–Kier alpha value is -7.14. The fourth-order valence-corrected chi connectivity index (χ4v) is 5.77. The number of ether oxygens (including phenoxy) is 2. The van der Waals surface area contributed by atoms with Crippen LogP contribution in [0.25, 0.3) is 11.6 Å². The van der Waals surface area contributed by atoms with E-state index >= 15 is 0 Å². The van der Waals surface area contributed by atoms with Crippen molar-refractivity contribution in [2.24, 2.45) is 0 Å². The predicted octanol–water partition coefficient (Wildman–Crippen LogP) is 7.79. The first-order chi connectivity index (χ1) is 28.0. The Kier molecular flexibility index (Phi) is 11.4. The summed E-state index contributed by atoms with van der Waals surface area (Å²) in [6, 6.07) is 26.7. The highest BCUT2D eigenvalue weighted by molar-refractivity contribution is 6.31. The van der Waals surface area contributed by atoms with Crippen LogP contribution in [0.4, 0.5) is 20.2 Å². The van der Waals surface area contributed by atoms with Gasteiger partial charge in [-0.2, -0.15) is 9.97 Å². The van der Waals surface area contributed by atoms with Crippen molar-refractivity contribution < 1.29 is 33.0 Å². The molecule has 4 aromatic heterocycles. The average Bonchev–Trinajstić information content (AvgIpc) is 3.77. The highest BCUT2D eigenvalue weighted by atomic mass is 35.5. The Bertz CT molecular complexity index is 2800. The van der Waals surface area contributed by atoms with Crippen LogP contribution in [0.5, 0.6) is 23.3 Å². The van der Waals surface area contributed by atoms with Crippen LogP contribution >= 0.6 is 23.2 Å². The number of anilines is 2. The number of carbonyl (C=O) groups excluding carboxylic acids is 2. The van der Waals surface area contributed by atoms with E-state index in [0.29, 0.717) is 32.9 Å². The van der Waals surface area contributed by atoms with E-state index in [1.54, 1.807) is 67.8 Å². The molecule has 0 radical (unpaired) electrons. The molecule has 18 heteroatoms. The van der Waals surface area contributed by atoms with Crippen LogP contribution in [0.2, 0.25) is 10.0 Å². The molecule has 0 spiro atoms. The molecule has 0 aliphatic carbocycles. The fourth-order valence-electron chi connectivity index (χ4n) is 5.52. The summed E-state index contributed by atoms with van der Waals surface area (Å²) >= 11 is 11.8. The van der Waals surface area contributed by atoms with Gasteiger partial charge in [-0.05, 0) is 103 Å². The van der Waals surface area contributed by atoms with E-state index in [4.69, 9.17) is 32.7 Å². The minimum absolute atomic E-state index is 0.0206. The van der Waals surface area contributed by atoms with Gasteiger partial charge in [-0.15, -0.1) is 0 Å². The number of H-pyrrole nitrogens is 1. The molecule has 8 rings (SSSR count). The predicted molar refractivity (Wildman–Crippen MR) is 211 cm³/mol. The molecule has 0 aliphatic heterocycles. The van der Waals surface area contributed by atoms with Crippen molar-refractivity contribution in [3.8, 4) is 23.3 Å². The van der Waals surface area contributed by atoms with Crippen LogP contribution in [0.15, 0.2) is 133 Å². The molecular formula is C40H28Cl2F2N8O6. The summed E-state index contributed by atoms with van der Waals surface area (Å²) in [5.74, 6) is -0.904. The first kappa shape index (κ1) is 39.1. The zero-order chi connectivity index (χ0) is 40.9. The number of imidazole rings is 2. The summed E-state index contributed by atoms with van der Waals surface area (Å²) in [7, 11) is 1.60. The topological polar surface area (TPSA) is 160 Å². The highest BCUT2D eigenvalue weighted by Crippen LogP contribution is 2.30. The minimum Gasteiger partial charge on any atom is -0.437 e. The molecule has 0 atom stereocenters. The Morgan fingerprint density at radius 3 is 1.83 bits per heavy atom. The monoisotopic (exact) mass is 824 g/mol. The van der Waals surface area contributed by atoms with Crippen LogP contribution in [0.3, 0.4) is 0 Å². The van der Waals surface area contributed by atoms with Gasteiger partial charge in [0.05, 0.1) is 0 Å². The molecule has 58 heavy (non-hydrogen) atoms. The first-order valence-electron chi connectivity index (χ1n) is 17.0. The van der Waals surface area contributed by atoms with Gasteiger partial charge in [-0.25, -0.2) is 13.8 Å². The maximum Gasteiger partial charge on any atom is 0.282 e. The molecule has 0 saturated heterocycles. The summed E-state index contributed by atoms with van der Waals surface area (Å²) in [5.41, 5.74) is 0.820. The van der Waals surface area contributed by atoms with Gasteiger partial charge >= 0.3 is 0 Å². The lowest BCUT2D eigenvalue weighted by Crippen LogP contribution is -2.33. The summed E-state index contributed by atoms with van der Waals surface area (Å²) in [5, 5.41) is 10.9. The molecule has 0 fully saturated rings. The van der Waals surface area contributed by atoms with Crippen LogP contribution in [0.1, 0.15) is 21.0 Å². The number of nitrogens with one attached hydrogen (secondary N) is 1. The number of benzene rings is 4. The lowest BCUT2D eigenvalue weighted by Gasteiger charge is -2.20. The number of aliphatic hydroxyl groups excluding tert-OH is 1. The SMILES string of the molecule is CN(C(=O)c1c(Oc2ccc(F)cc2)nc2[nH]c(=O)ccn12)c1ccc(Cl)cc1.O=C(c1c(Oc2ccc(F)cc2)nc2ncccn12)N(CO)c1ccc(Cl)cc1. The molecule has 0 aliphatic rings. The van der Waals surface area contributed by atoms with Crippen molar-refractivity contribution in [1.29, 1.82) is 0 Å².